The number of carbonyl (C=O) groups excluding carboxylic acids is 2. The molecule has 1 aromatic carbocycles. The molecule has 0 radical (unpaired) electrons. The van der Waals surface area contributed by atoms with Crippen LogP contribution in [0.25, 0.3) is 16.9 Å². The number of hydrogen-bond donors (Lipinski definition) is 2. The zero-order chi connectivity index (χ0) is 29.1. The van der Waals surface area contributed by atoms with Gasteiger partial charge in [0.15, 0.2) is 11.5 Å². The number of nitrogens with one attached hydrogen (secondary N) is 1. The average Bonchev–Trinajstić information content (AvgIpc) is 3.64. The van der Waals surface area contributed by atoms with E-state index < -0.39 is 23.9 Å². The van der Waals surface area contributed by atoms with E-state index in [1.54, 1.807) is 17.0 Å². The monoisotopic (exact) mass is 567 g/mol. The number of hydrogen-bond acceptors (Lipinski definition) is 8. The fraction of sp³-hybridized carbons (Fsp3) is 0.296. The first-order valence-electron chi connectivity index (χ1n) is 12.7. The molecular weight excluding hydrogens is 543 g/mol. The molecular formula is C27H24F3N7O4. The Morgan fingerprint density at radius 1 is 1.22 bits per heavy atom. The first-order chi connectivity index (χ1) is 19.5. The number of methoxy groups -OCH3 is 1. The lowest BCUT2D eigenvalue weighted by atomic mass is 10.0. The van der Waals surface area contributed by atoms with Gasteiger partial charge in [0.05, 0.1) is 24.6 Å². The van der Waals surface area contributed by atoms with Crippen LogP contribution in [0, 0.1) is 5.92 Å². The highest BCUT2D eigenvalue weighted by molar-refractivity contribution is 6.12. The summed E-state index contributed by atoms with van der Waals surface area (Å²) in [4.78, 5) is 36.5. The zero-order valence-electron chi connectivity index (χ0n) is 21.9. The summed E-state index contributed by atoms with van der Waals surface area (Å²) in [7, 11) is 1.44. The molecule has 1 saturated carbocycles. The van der Waals surface area contributed by atoms with Crippen molar-refractivity contribution >= 4 is 29.0 Å². The van der Waals surface area contributed by atoms with E-state index >= 15 is 0 Å². The van der Waals surface area contributed by atoms with Crippen molar-refractivity contribution in [3.05, 3.63) is 59.5 Å². The molecule has 0 spiro atoms. The third kappa shape index (κ3) is 4.85. The summed E-state index contributed by atoms with van der Waals surface area (Å²) in [6.07, 6.45) is 1.32. The lowest BCUT2D eigenvalue weighted by molar-refractivity contribution is -0.274. The number of benzene rings is 1. The van der Waals surface area contributed by atoms with Crippen molar-refractivity contribution in [3.8, 4) is 22.8 Å². The minimum Gasteiger partial charge on any atom is -0.494 e. The second-order valence-electron chi connectivity index (χ2n) is 9.94. The smallest absolute Gasteiger partial charge is 0.494 e. The molecule has 4 aromatic rings. The number of carbonyl (C=O) groups is 2. The van der Waals surface area contributed by atoms with Gasteiger partial charge >= 0.3 is 6.36 Å². The van der Waals surface area contributed by atoms with Crippen LogP contribution in [0.5, 0.6) is 11.5 Å². The number of rotatable bonds is 7. The van der Waals surface area contributed by atoms with Gasteiger partial charge in [0.2, 0.25) is 0 Å². The van der Waals surface area contributed by atoms with E-state index in [0.29, 0.717) is 17.2 Å². The number of nitrogen functional groups attached to an aromatic ring is 1. The van der Waals surface area contributed by atoms with Gasteiger partial charge in [0.1, 0.15) is 22.7 Å². The fourth-order valence-corrected chi connectivity index (χ4v) is 5.12. The summed E-state index contributed by atoms with van der Waals surface area (Å²) >= 11 is 0. The Labute approximate surface area is 231 Å². The van der Waals surface area contributed by atoms with E-state index in [-0.39, 0.29) is 52.1 Å². The van der Waals surface area contributed by atoms with Crippen LogP contribution in [0.3, 0.4) is 0 Å². The Morgan fingerprint density at radius 3 is 2.71 bits per heavy atom. The molecule has 1 aliphatic carbocycles. The molecule has 3 N–H and O–H groups in total. The van der Waals surface area contributed by atoms with Crippen LogP contribution in [-0.4, -0.2) is 55.8 Å². The van der Waals surface area contributed by atoms with Gasteiger partial charge in [-0.3, -0.25) is 14.6 Å². The van der Waals surface area contributed by atoms with Crippen molar-refractivity contribution in [2.75, 3.05) is 18.2 Å². The lowest BCUT2D eigenvalue weighted by Gasteiger charge is -2.24. The van der Waals surface area contributed by atoms with E-state index in [9.17, 15) is 22.8 Å². The Bertz CT molecular complexity index is 1700. The molecule has 11 nitrogen and oxygen atoms in total. The number of nitrogens with two attached hydrogens (primary N) is 1. The SMILES string of the molecule is COc1ccncc1NC(=O)c1c(N)nn2ccc(-c3cc4c(c(OC(F)(F)F)c3)C(=O)N(C(C)C3CC3)C4)nc12. The molecule has 212 valence electrons. The molecule has 1 fully saturated rings. The zero-order valence-corrected chi connectivity index (χ0v) is 21.9. The summed E-state index contributed by atoms with van der Waals surface area (Å²) in [5.41, 5.74) is 7.14. The Balaban J connectivity index is 1.41. The topological polar surface area (TPSA) is 137 Å². The van der Waals surface area contributed by atoms with Crippen LogP contribution in [0.2, 0.25) is 0 Å². The van der Waals surface area contributed by atoms with E-state index in [4.69, 9.17) is 10.5 Å². The van der Waals surface area contributed by atoms with Crippen LogP contribution in [0.4, 0.5) is 24.7 Å². The molecule has 3 aromatic heterocycles. The molecule has 14 heteroatoms. The first-order valence-corrected chi connectivity index (χ1v) is 12.7. The summed E-state index contributed by atoms with van der Waals surface area (Å²) in [6.45, 7) is 2.05. The number of nitrogens with zero attached hydrogens (tertiary/aromatic N) is 5. The van der Waals surface area contributed by atoms with Crippen LogP contribution < -0.4 is 20.5 Å². The molecule has 41 heavy (non-hydrogen) atoms. The molecule has 2 aliphatic rings. The Kier molecular flexibility index (Phi) is 6.20. The van der Waals surface area contributed by atoms with E-state index in [1.165, 1.54) is 36.3 Å². The summed E-state index contributed by atoms with van der Waals surface area (Å²) in [5.74, 6) is -1.16. The maximum atomic E-state index is 13.4. The largest absolute Gasteiger partial charge is 0.573 e. The molecule has 1 unspecified atom stereocenters. The highest BCUT2D eigenvalue weighted by atomic mass is 19.4. The molecule has 1 aliphatic heterocycles. The second-order valence-corrected chi connectivity index (χ2v) is 9.94. The number of ether oxygens (including phenoxy) is 2. The third-order valence-corrected chi connectivity index (χ3v) is 7.30. The molecule has 2 amide bonds. The quantitative estimate of drug-likeness (QED) is 0.338. The number of aromatic nitrogens is 4. The molecule has 1 atom stereocenters. The van der Waals surface area contributed by atoms with Crippen molar-refractivity contribution in [1.82, 2.24) is 24.5 Å². The number of amides is 2. The maximum absolute atomic E-state index is 13.4. The predicted octanol–water partition coefficient (Wildman–Crippen LogP) is 4.29. The Hall–Kier alpha value is -4.88. The molecule has 0 saturated heterocycles. The van der Waals surface area contributed by atoms with E-state index in [0.717, 1.165) is 18.9 Å². The van der Waals surface area contributed by atoms with E-state index in [1.807, 2.05) is 6.92 Å². The van der Waals surface area contributed by atoms with Crippen LogP contribution in [0.15, 0.2) is 42.9 Å². The van der Waals surface area contributed by atoms with Gasteiger partial charge in [-0.15, -0.1) is 18.3 Å². The highest BCUT2D eigenvalue weighted by Crippen LogP contribution is 2.42. The van der Waals surface area contributed by atoms with Gasteiger partial charge in [-0.1, -0.05) is 0 Å². The van der Waals surface area contributed by atoms with Crippen LogP contribution >= 0.6 is 0 Å². The van der Waals surface area contributed by atoms with Crippen molar-refractivity contribution in [2.45, 2.75) is 38.7 Å². The van der Waals surface area contributed by atoms with Gasteiger partial charge in [-0.2, -0.15) is 0 Å². The third-order valence-electron chi connectivity index (χ3n) is 7.30. The number of halogens is 3. The second kappa shape index (κ2) is 9.64. The predicted molar refractivity (Wildman–Crippen MR) is 140 cm³/mol. The highest BCUT2D eigenvalue weighted by Gasteiger charge is 2.42. The summed E-state index contributed by atoms with van der Waals surface area (Å²) in [5, 5.41) is 6.81. The van der Waals surface area contributed by atoms with Crippen LogP contribution in [0.1, 0.15) is 46.0 Å². The number of pyridine rings is 1. The Morgan fingerprint density at radius 2 is 2.00 bits per heavy atom. The standard InChI is InChI=1S/C27H24F3N7O4/c1-13(14-3-4-14)36-12-16-9-15(10-20(21(16)26(36)39)41-27(28,29)30)17-6-8-37-24(33-17)22(23(31)35-37)25(38)34-18-11-32-7-5-19(18)40-2/h5-11,13-14H,3-4,12H2,1-2H3,(H2,31,35)(H,34,38). The van der Waals surface area contributed by atoms with Crippen molar-refractivity contribution < 1.29 is 32.2 Å². The molecule has 6 rings (SSSR count). The van der Waals surface area contributed by atoms with Crippen molar-refractivity contribution in [2.24, 2.45) is 5.92 Å². The van der Waals surface area contributed by atoms with Crippen molar-refractivity contribution in [1.29, 1.82) is 0 Å². The first kappa shape index (κ1) is 26.3. The van der Waals surface area contributed by atoms with Crippen molar-refractivity contribution in [3.63, 3.8) is 0 Å². The lowest BCUT2D eigenvalue weighted by Crippen LogP contribution is -2.34. The van der Waals surface area contributed by atoms with E-state index in [2.05, 4.69) is 25.1 Å². The van der Waals surface area contributed by atoms with Gasteiger partial charge < -0.3 is 25.4 Å². The van der Waals surface area contributed by atoms with Crippen LogP contribution in [-0.2, 0) is 6.54 Å². The number of anilines is 2. The molecule has 0 bridgehead atoms. The maximum Gasteiger partial charge on any atom is 0.573 e. The number of fused-ring (bicyclic) bond motifs is 2. The van der Waals surface area contributed by atoms with Gasteiger partial charge in [-0.25, -0.2) is 9.50 Å². The normalized spacial score (nSPS) is 15.6. The fourth-order valence-electron chi connectivity index (χ4n) is 5.12. The minimum atomic E-state index is -5.02. The summed E-state index contributed by atoms with van der Waals surface area (Å²) < 4.78 is 51.1. The van der Waals surface area contributed by atoms with Gasteiger partial charge in [0.25, 0.3) is 11.8 Å². The van der Waals surface area contributed by atoms with Gasteiger partial charge in [-0.05, 0) is 49.4 Å². The molecule has 4 heterocycles. The minimum absolute atomic E-state index is 0.0507. The summed E-state index contributed by atoms with van der Waals surface area (Å²) in [6, 6.07) is 5.73. The average molecular weight is 568 g/mol. The number of alkyl halides is 3. The van der Waals surface area contributed by atoms with Gasteiger partial charge in [0, 0.05) is 36.6 Å².